The monoisotopic (exact) mass is 356 g/mol. The number of aromatic nitrogens is 1. The highest BCUT2D eigenvalue weighted by Crippen LogP contribution is 2.30. The first-order chi connectivity index (χ1) is 12.6. The molecule has 0 N–H and O–H groups in total. The van der Waals surface area contributed by atoms with Crippen LogP contribution in [0.2, 0.25) is 0 Å². The maximum Gasteiger partial charge on any atom is 0.168 e. The average molecular weight is 356 g/mol. The normalized spacial score (nSPS) is 20.7. The molecule has 2 heterocycles. The minimum atomic E-state index is -0.114. The molecule has 0 amide bonds. The molecule has 26 heavy (non-hydrogen) atoms. The van der Waals surface area contributed by atoms with Crippen molar-refractivity contribution >= 4 is 17.3 Å². The summed E-state index contributed by atoms with van der Waals surface area (Å²) in [6, 6.07) is 0. The molecule has 2 aliphatic carbocycles. The quantitative estimate of drug-likeness (QED) is 0.755. The van der Waals surface area contributed by atoms with Crippen LogP contribution in [0.4, 0.5) is 0 Å². The minimum Gasteiger partial charge on any atom is -0.374 e. The van der Waals surface area contributed by atoms with E-state index in [1.807, 2.05) is 0 Å². The second-order valence-electron chi connectivity index (χ2n) is 7.42. The van der Waals surface area contributed by atoms with Crippen molar-refractivity contribution in [2.24, 2.45) is 0 Å². The Morgan fingerprint density at radius 1 is 0.962 bits per heavy atom. The summed E-state index contributed by atoms with van der Waals surface area (Å²) in [5, 5.41) is 4.02. The zero-order valence-corrected chi connectivity index (χ0v) is 15.0. The topological polar surface area (TPSA) is 80.5 Å². The first-order valence-corrected chi connectivity index (χ1v) is 9.70. The Balaban J connectivity index is 1.53. The number of carbonyl (C=O) groups is 3. The molecule has 0 unspecified atom stereocenters. The fourth-order valence-electron chi connectivity index (χ4n) is 4.36. The van der Waals surface area contributed by atoms with Crippen molar-refractivity contribution in [3.8, 4) is 0 Å². The van der Waals surface area contributed by atoms with E-state index in [9.17, 15) is 14.4 Å². The third-order valence-corrected chi connectivity index (χ3v) is 5.66. The summed E-state index contributed by atoms with van der Waals surface area (Å²) < 4.78 is 5.29. The Bertz CT molecular complexity index is 784. The maximum absolute atomic E-state index is 12.9. The summed E-state index contributed by atoms with van der Waals surface area (Å²) in [6.07, 6.45) is 6.91. The lowest BCUT2D eigenvalue weighted by atomic mass is 9.88. The number of aryl methyl sites for hydroxylation is 2. The van der Waals surface area contributed by atoms with Gasteiger partial charge in [-0.15, -0.1) is 0 Å². The molecule has 0 aromatic carbocycles. The Hall–Kier alpha value is -2.24. The third kappa shape index (κ3) is 3.13. The molecule has 1 aromatic rings. The molecular formula is C20H24N2O4. The van der Waals surface area contributed by atoms with Gasteiger partial charge >= 0.3 is 0 Å². The van der Waals surface area contributed by atoms with Crippen LogP contribution in [-0.2, 0) is 22.4 Å². The van der Waals surface area contributed by atoms with E-state index >= 15 is 0 Å². The molecule has 4 rings (SSSR count). The van der Waals surface area contributed by atoms with E-state index in [0.717, 1.165) is 57.3 Å². The van der Waals surface area contributed by atoms with Gasteiger partial charge in [-0.2, -0.15) is 0 Å². The summed E-state index contributed by atoms with van der Waals surface area (Å²) >= 11 is 0. The number of likely N-dealkylation sites (tertiary alicyclic amines) is 1. The van der Waals surface area contributed by atoms with E-state index in [4.69, 9.17) is 4.52 Å². The summed E-state index contributed by atoms with van der Waals surface area (Å²) in [5.41, 5.74) is 2.50. The third-order valence-electron chi connectivity index (χ3n) is 5.66. The van der Waals surface area contributed by atoms with Crippen LogP contribution in [0.3, 0.4) is 0 Å². The number of carbonyl (C=O) groups excluding carboxylic acids is 3. The van der Waals surface area contributed by atoms with Crippen molar-refractivity contribution in [2.75, 3.05) is 13.1 Å². The average Bonchev–Trinajstić information content (AvgIpc) is 3.30. The molecule has 3 aliphatic rings. The highest BCUT2D eigenvalue weighted by molar-refractivity contribution is 6.21. The minimum absolute atomic E-state index is 0.0265. The van der Waals surface area contributed by atoms with Gasteiger partial charge in [-0.05, 0) is 32.1 Å². The standard InChI is InChI=1S/C20H24N2O4/c23-15-7-4-8-18-19(15)13(21-26-18)9-10-17(25)20-14(5-3-6-16(20)24)22-11-1-2-12-22/h1-12H2. The SMILES string of the molecule is O=C1CCCC(N2CCCC2)=C1C(=O)CCc1noc2c1C(=O)CCC2. The Labute approximate surface area is 152 Å². The molecule has 6 heteroatoms. The smallest absolute Gasteiger partial charge is 0.168 e. The van der Waals surface area contributed by atoms with Crippen LogP contribution in [0, 0.1) is 0 Å². The Morgan fingerprint density at radius 3 is 2.50 bits per heavy atom. The van der Waals surface area contributed by atoms with Gasteiger partial charge < -0.3 is 9.42 Å². The van der Waals surface area contributed by atoms with Gasteiger partial charge in [0.1, 0.15) is 5.76 Å². The lowest BCUT2D eigenvalue weighted by Gasteiger charge is -2.27. The summed E-state index contributed by atoms with van der Waals surface area (Å²) in [6.45, 7) is 1.87. The highest BCUT2D eigenvalue weighted by Gasteiger charge is 2.31. The van der Waals surface area contributed by atoms with E-state index < -0.39 is 0 Å². The van der Waals surface area contributed by atoms with E-state index in [1.165, 1.54) is 0 Å². The number of nitrogens with zero attached hydrogens (tertiary/aromatic N) is 2. The van der Waals surface area contributed by atoms with Crippen molar-refractivity contribution in [2.45, 2.75) is 64.2 Å². The number of rotatable bonds is 5. The fourth-order valence-corrected chi connectivity index (χ4v) is 4.36. The summed E-state index contributed by atoms with van der Waals surface area (Å²) in [5.74, 6) is 0.563. The predicted molar refractivity (Wildman–Crippen MR) is 93.8 cm³/mol. The van der Waals surface area contributed by atoms with Gasteiger partial charge in [0, 0.05) is 50.9 Å². The molecule has 1 fully saturated rings. The van der Waals surface area contributed by atoms with Crippen molar-refractivity contribution in [3.63, 3.8) is 0 Å². The van der Waals surface area contributed by atoms with E-state index in [2.05, 4.69) is 10.1 Å². The zero-order chi connectivity index (χ0) is 18.1. The summed E-state index contributed by atoms with van der Waals surface area (Å²) in [7, 11) is 0. The highest BCUT2D eigenvalue weighted by atomic mass is 16.5. The van der Waals surface area contributed by atoms with Gasteiger partial charge in [0.05, 0.1) is 16.8 Å². The van der Waals surface area contributed by atoms with Crippen LogP contribution >= 0.6 is 0 Å². The van der Waals surface area contributed by atoms with Crippen LogP contribution in [0.25, 0.3) is 0 Å². The number of allylic oxidation sites excluding steroid dienone is 2. The van der Waals surface area contributed by atoms with Gasteiger partial charge in [0.25, 0.3) is 0 Å². The molecule has 0 radical (unpaired) electrons. The fraction of sp³-hybridized carbons (Fsp3) is 0.600. The van der Waals surface area contributed by atoms with Crippen LogP contribution in [0.1, 0.15) is 73.2 Å². The van der Waals surface area contributed by atoms with Crippen molar-refractivity contribution in [3.05, 3.63) is 28.3 Å². The first-order valence-electron chi connectivity index (χ1n) is 9.70. The number of fused-ring (bicyclic) bond motifs is 1. The van der Waals surface area contributed by atoms with E-state index in [0.29, 0.717) is 41.9 Å². The number of hydrogen-bond donors (Lipinski definition) is 0. The molecule has 0 spiro atoms. The lowest BCUT2D eigenvalue weighted by molar-refractivity contribution is -0.122. The number of Topliss-reactive ketones (excluding diaryl/α,β-unsaturated/α-hetero) is 3. The molecule has 0 bridgehead atoms. The largest absolute Gasteiger partial charge is 0.374 e. The first kappa shape index (κ1) is 17.2. The molecule has 0 saturated carbocycles. The number of ketones is 3. The molecule has 1 aliphatic heterocycles. The Morgan fingerprint density at radius 2 is 1.69 bits per heavy atom. The van der Waals surface area contributed by atoms with Crippen LogP contribution in [0.5, 0.6) is 0 Å². The van der Waals surface area contributed by atoms with Gasteiger partial charge in [-0.3, -0.25) is 14.4 Å². The molecule has 0 atom stereocenters. The lowest BCUT2D eigenvalue weighted by Crippen LogP contribution is -2.29. The van der Waals surface area contributed by atoms with E-state index in [1.54, 1.807) is 0 Å². The molecule has 138 valence electrons. The Kier molecular flexibility index (Phi) is 4.74. The predicted octanol–water partition coefficient (Wildman–Crippen LogP) is 2.80. The summed E-state index contributed by atoms with van der Waals surface area (Å²) in [4.78, 5) is 39.7. The van der Waals surface area contributed by atoms with Crippen LogP contribution in [-0.4, -0.2) is 40.5 Å². The second kappa shape index (κ2) is 7.17. The number of hydrogen-bond acceptors (Lipinski definition) is 6. The van der Waals surface area contributed by atoms with E-state index in [-0.39, 0.29) is 23.8 Å². The second-order valence-corrected chi connectivity index (χ2v) is 7.42. The molecule has 1 aromatic heterocycles. The van der Waals surface area contributed by atoms with Gasteiger partial charge in [-0.1, -0.05) is 5.16 Å². The van der Waals surface area contributed by atoms with Gasteiger partial charge in [0.15, 0.2) is 17.3 Å². The van der Waals surface area contributed by atoms with Crippen molar-refractivity contribution in [1.82, 2.24) is 10.1 Å². The van der Waals surface area contributed by atoms with Gasteiger partial charge in [-0.25, -0.2) is 0 Å². The van der Waals surface area contributed by atoms with Crippen molar-refractivity contribution < 1.29 is 18.9 Å². The van der Waals surface area contributed by atoms with Crippen LogP contribution < -0.4 is 0 Å². The van der Waals surface area contributed by atoms with Crippen LogP contribution in [0.15, 0.2) is 15.8 Å². The molecular weight excluding hydrogens is 332 g/mol. The maximum atomic E-state index is 12.9. The zero-order valence-electron chi connectivity index (χ0n) is 15.0. The van der Waals surface area contributed by atoms with Crippen molar-refractivity contribution in [1.29, 1.82) is 0 Å². The van der Waals surface area contributed by atoms with Gasteiger partial charge in [0.2, 0.25) is 0 Å². The molecule has 6 nitrogen and oxygen atoms in total. The molecule has 1 saturated heterocycles.